The van der Waals surface area contributed by atoms with Crippen molar-refractivity contribution in [2.45, 2.75) is 25.9 Å². The second-order valence-electron chi connectivity index (χ2n) is 5.00. The van der Waals surface area contributed by atoms with Gasteiger partial charge < -0.3 is 20.5 Å². The fourth-order valence-electron chi connectivity index (χ4n) is 2.66. The number of amides is 1. The van der Waals surface area contributed by atoms with E-state index in [1.54, 1.807) is 18.2 Å². The van der Waals surface area contributed by atoms with Crippen molar-refractivity contribution in [3.05, 3.63) is 23.8 Å². The summed E-state index contributed by atoms with van der Waals surface area (Å²) in [6, 6.07) is 5.18. The molecule has 2 rings (SSSR count). The summed E-state index contributed by atoms with van der Waals surface area (Å²) in [4.78, 5) is 12.2. The molecule has 1 aliphatic heterocycles. The van der Waals surface area contributed by atoms with Crippen LogP contribution in [-0.4, -0.2) is 32.3 Å². The molecule has 0 spiro atoms. The van der Waals surface area contributed by atoms with Gasteiger partial charge in [0.2, 0.25) is 0 Å². The van der Waals surface area contributed by atoms with Crippen molar-refractivity contribution in [2.24, 2.45) is 5.92 Å². The van der Waals surface area contributed by atoms with Gasteiger partial charge >= 0.3 is 0 Å². The molecular weight excluding hydrogens is 256 g/mol. The third-order valence-electron chi connectivity index (χ3n) is 3.77. The van der Waals surface area contributed by atoms with Gasteiger partial charge in [-0.2, -0.15) is 0 Å². The maximum Gasteiger partial charge on any atom is 0.255 e. The second kappa shape index (κ2) is 6.61. The first kappa shape index (κ1) is 14.7. The number of ether oxygens (including phenoxy) is 2. The van der Waals surface area contributed by atoms with Gasteiger partial charge in [-0.3, -0.25) is 4.79 Å². The second-order valence-corrected chi connectivity index (χ2v) is 5.00. The van der Waals surface area contributed by atoms with Gasteiger partial charge in [0.25, 0.3) is 5.91 Å². The molecule has 1 aliphatic rings. The van der Waals surface area contributed by atoms with Crippen molar-refractivity contribution in [3.63, 3.8) is 0 Å². The quantitative estimate of drug-likeness (QED) is 0.806. The molecule has 1 aromatic rings. The molecule has 0 aromatic heterocycles. The van der Waals surface area contributed by atoms with Crippen LogP contribution in [0.5, 0.6) is 5.75 Å². The highest BCUT2D eigenvalue weighted by molar-refractivity contribution is 5.98. The third kappa shape index (κ3) is 3.04. The lowest BCUT2D eigenvalue weighted by Crippen LogP contribution is -2.33. The largest absolute Gasteiger partial charge is 0.494 e. The number of anilines is 1. The minimum Gasteiger partial charge on any atom is -0.494 e. The normalized spacial score (nSPS) is 21.7. The fourth-order valence-corrected chi connectivity index (χ4v) is 2.66. The van der Waals surface area contributed by atoms with Crippen LogP contribution >= 0.6 is 0 Å². The van der Waals surface area contributed by atoms with Gasteiger partial charge in [-0.1, -0.05) is 13.0 Å². The molecular formula is C15H22N2O3. The predicted octanol–water partition coefficient (Wildman–Crippen LogP) is 1.82. The lowest BCUT2D eigenvalue weighted by atomic mass is 9.99. The first-order valence-electron chi connectivity index (χ1n) is 6.99. The van der Waals surface area contributed by atoms with Gasteiger partial charge in [0, 0.05) is 19.1 Å². The van der Waals surface area contributed by atoms with E-state index in [0.29, 0.717) is 29.5 Å². The van der Waals surface area contributed by atoms with E-state index in [0.717, 1.165) is 19.4 Å². The van der Waals surface area contributed by atoms with E-state index >= 15 is 0 Å². The van der Waals surface area contributed by atoms with Gasteiger partial charge in [0.05, 0.1) is 24.5 Å². The molecule has 2 atom stereocenters. The number of hydrogen-bond donors (Lipinski definition) is 2. The monoisotopic (exact) mass is 278 g/mol. The minimum atomic E-state index is -0.157. The van der Waals surface area contributed by atoms with Crippen LogP contribution in [0.3, 0.4) is 0 Å². The molecule has 1 saturated heterocycles. The molecule has 20 heavy (non-hydrogen) atoms. The van der Waals surface area contributed by atoms with Crippen LogP contribution in [0.1, 0.15) is 30.1 Å². The third-order valence-corrected chi connectivity index (χ3v) is 3.77. The molecule has 5 heteroatoms. The zero-order valence-corrected chi connectivity index (χ0v) is 12.0. The Labute approximate surface area is 119 Å². The Bertz CT molecular complexity index is 476. The molecule has 1 fully saturated rings. The summed E-state index contributed by atoms with van der Waals surface area (Å²) in [7, 11) is 1.51. The molecule has 5 nitrogen and oxygen atoms in total. The smallest absolute Gasteiger partial charge is 0.255 e. The number of carbonyl (C=O) groups is 1. The highest BCUT2D eigenvalue weighted by atomic mass is 16.5. The standard InChI is InChI=1S/C15H22N2O3/c1-3-13-10(7-8-20-13)9-17-15(18)11-5-4-6-12(16)14(11)19-2/h4-6,10,13H,3,7-9,16H2,1-2H3,(H,17,18). The van der Waals surface area contributed by atoms with Crippen molar-refractivity contribution >= 4 is 11.6 Å². The summed E-state index contributed by atoms with van der Waals surface area (Å²) >= 11 is 0. The highest BCUT2D eigenvalue weighted by Gasteiger charge is 2.27. The molecule has 1 amide bonds. The number of nitrogens with one attached hydrogen (secondary N) is 1. The van der Waals surface area contributed by atoms with Gasteiger partial charge in [0.1, 0.15) is 0 Å². The van der Waals surface area contributed by atoms with Crippen LogP contribution in [-0.2, 0) is 4.74 Å². The van der Waals surface area contributed by atoms with Crippen molar-refractivity contribution in [2.75, 3.05) is 26.0 Å². The van der Waals surface area contributed by atoms with E-state index in [4.69, 9.17) is 15.2 Å². The van der Waals surface area contributed by atoms with Crippen LogP contribution in [0.15, 0.2) is 18.2 Å². The van der Waals surface area contributed by atoms with E-state index in [9.17, 15) is 4.79 Å². The number of rotatable bonds is 5. The van der Waals surface area contributed by atoms with E-state index in [1.165, 1.54) is 7.11 Å². The zero-order valence-electron chi connectivity index (χ0n) is 12.0. The molecule has 3 N–H and O–H groups in total. The topological polar surface area (TPSA) is 73.6 Å². The maximum atomic E-state index is 12.2. The number of carbonyl (C=O) groups excluding carboxylic acids is 1. The summed E-state index contributed by atoms with van der Waals surface area (Å²) in [6.07, 6.45) is 2.22. The number of nitrogens with two attached hydrogens (primary N) is 1. The lowest BCUT2D eigenvalue weighted by Gasteiger charge is -2.18. The number of para-hydroxylation sites is 1. The van der Waals surface area contributed by atoms with E-state index in [1.807, 2.05) is 0 Å². The average molecular weight is 278 g/mol. The van der Waals surface area contributed by atoms with Crippen molar-refractivity contribution < 1.29 is 14.3 Å². The Morgan fingerprint density at radius 2 is 2.35 bits per heavy atom. The van der Waals surface area contributed by atoms with Gasteiger partial charge in [-0.05, 0) is 25.0 Å². The summed E-state index contributed by atoms with van der Waals surface area (Å²) in [5.41, 5.74) is 6.75. The number of benzene rings is 1. The number of nitrogen functional groups attached to an aromatic ring is 1. The Balaban J connectivity index is 2.00. The van der Waals surface area contributed by atoms with Crippen LogP contribution in [0, 0.1) is 5.92 Å². The van der Waals surface area contributed by atoms with Crippen molar-refractivity contribution in [3.8, 4) is 5.75 Å². The van der Waals surface area contributed by atoms with Gasteiger partial charge in [0.15, 0.2) is 5.75 Å². The van der Waals surface area contributed by atoms with Crippen LogP contribution < -0.4 is 15.8 Å². The Hall–Kier alpha value is -1.75. The number of hydrogen-bond acceptors (Lipinski definition) is 4. The van der Waals surface area contributed by atoms with Gasteiger partial charge in [-0.25, -0.2) is 0 Å². The summed E-state index contributed by atoms with van der Waals surface area (Å²) in [6.45, 7) is 3.50. The van der Waals surface area contributed by atoms with E-state index < -0.39 is 0 Å². The Morgan fingerprint density at radius 3 is 3.05 bits per heavy atom. The summed E-state index contributed by atoms with van der Waals surface area (Å²) < 4.78 is 10.8. The molecule has 0 aliphatic carbocycles. The van der Waals surface area contributed by atoms with Crippen LogP contribution in [0.2, 0.25) is 0 Å². The van der Waals surface area contributed by atoms with Gasteiger partial charge in [-0.15, -0.1) is 0 Å². The lowest BCUT2D eigenvalue weighted by molar-refractivity contribution is 0.0826. The molecule has 2 unspecified atom stereocenters. The zero-order chi connectivity index (χ0) is 14.5. The summed E-state index contributed by atoms with van der Waals surface area (Å²) in [5.74, 6) is 0.659. The highest BCUT2D eigenvalue weighted by Crippen LogP contribution is 2.26. The van der Waals surface area contributed by atoms with E-state index in [2.05, 4.69) is 12.2 Å². The molecule has 0 saturated carbocycles. The summed E-state index contributed by atoms with van der Waals surface area (Å²) in [5, 5.41) is 2.95. The molecule has 1 aromatic carbocycles. The Kier molecular flexibility index (Phi) is 4.84. The number of methoxy groups -OCH3 is 1. The fraction of sp³-hybridized carbons (Fsp3) is 0.533. The first-order valence-corrected chi connectivity index (χ1v) is 6.99. The molecule has 1 heterocycles. The molecule has 110 valence electrons. The SMILES string of the molecule is CCC1OCCC1CNC(=O)c1cccc(N)c1OC. The first-order chi connectivity index (χ1) is 9.67. The Morgan fingerprint density at radius 1 is 1.55 bits per heavy atom. The van der Waals surface area contributed by atoms with Crippen molar-refractivity contribution in [1.82, 2.24) is 5.32 Å². The average Bonchev–Trinajstić information content (AvgIpc) is 2.91. The van der Waals surface area contributed by atoms with Crippen LogP contribution in [0.4, 0.5) is 5.69 Å². The predicted molar refractivity (Wildman–Crippen MR) is 77.9 cm³/mol. The van der Waals surface area contributed by atoms with E-state index in [-0.39, 0.29) is 12.0 Å². The maximum absolute atomic E-state index is 12.2. The van der Waals surface area contributed by atoms with Crippen molar-refractivity contribution in [1.29, 1.82) is 0 Å². The van der Waals surface area contributed by atoms with Crippen LogP contribution in [0.25, 0.3) is 0 Å². The molecule has 0 radical (unpaired) electrons. The molecule has 0 bridgehead atoms. The minimum absolute atomic E-state index is 0.157.